The van der Waals surface area contributed by atoms with E-state index >= 15 is 4.79 Å². The SMILES string of the molecule is CC(=O)OC1C2C[C@H](C)CC(C)/C=C/C=C(/C)C(=O)Nc3c(=O)c4c(c(C)c5c(c4c4nc6c(=O)cc(OCC7CCN(C)C7)cc6oc34)=C(O)[C@@](C)(O/C=C/C[C@H]1C)O5)O2. The maximum atomic E-state index is 15.4. The molecular formula is C47H53N3O11. The van der Waals surface area contributed by atoms with Crippen molar-refractivity contribution in [3.63, 3.8) is 0 Å². The third-order valence-electron chi connectivity index (χ3n) is 12.3. The molecule has 4 unspecified atom stereocenters. The van der Waals surface area contributed by atoms with Gasteiger partial charge in [-0.25, -0.2) is 4.98 Å². The van der Waals surface area contributed by atoms with Gasteiger partial charge < -0.3 is 43.4 Å². The van der Waals surface area contributed by atoms with Gasteiger partial charge in [-0.15, -0.1) is 0 Å². The molecule has 1 aromatic heterocycles. The lowest BCUT2D eigenvalue weighted by Gasteiger charge is -2.34. The number of allylic oxidation sites excluding steroid dienone is 4. The van der Waals surface area contributed by atoms with Crippen LogP contribution in [0, 0.1) is 30.6 Å². The number of esters is 1. The molecule has 4 aliphatic heterocycles. The fraction of sp³-hybridized carbons (Fsp3) is 0.468. The Morgan fingerprint density at radius 1 is 1.08 bits per heavy atom. The number of hydrogen-bond acceptors (Lipinski definition) is 13. The fourth-order valence-electron chi connectivity index (χ4n) is 9.16. The van der Waals surface area contributed by atoms with E-state index in [9.17, 15) is 19.5 Å². The van der Waals surface area contributed by atoms with Crippen LogP contribution in [0.1, 0.15) is 72.8 Å². The third kappa shape index (κ3) is 7.82. The number of nitrogens with one attached hydrogen (secondary N) is 1. The molecule has 14 heteroatoms. The van der Waals surface area contributed by atoms with E-state index < -0.39 is 40.7 Å². The summed E-state index contributed by atoms with van der Waals surface area (Å²) in [7, 11) is 2.05. The number of carbonyl (C=O) groups is 2. The number of amides is 1. The molecule has 0 saturated carbocycles. The van der Waals surface area contributed by atoms with E-state index in [1.54, 1.807) is 39.0 Å². The summed E-state index contributed by atoms with van der Waals surface area (Å²) in [5.41, 5.74) is -1.02. The number of aliphatic hydroxyl groups excluding tert-OH is 1. The topological polar surface area (TPSA) is 176 Å². The molecule has 1 amide bonds. The van der Waals surface area contributed by atoms with Crippen molar-refractivity contribution in [2.24, 2.45) is 23.7 Å². The average molecular weight is 836 g/mol. The van der Waals surface area contributed by atoms with Gasteiger partial charge in [-0.3, -0.25) is 19.2 Å². The molecule has 7 atom stereocenters. The van der Waals surface area contributed by atoms with Gasteiger partial charge in [-0.1, -0.05) is 39.0 Å². The molecule has 8 rings (SSSR count). The highest BCUT2D eigenvalue weighted by atomic mass is 16.7. The summed E-state index contributed by atoms with van der Waals surface area (Å²) in [4.78, 5) is 63.2. The van der Waals surface area contributed by atoms with Gasteiger partial charge >= 0.3 is 11.8 Å². The molecule has 61 heavy (non-hydrogen) atoms. The first-order chi connectivity index (χ1) is 29.0. The molecule has 1 saturated heterocycles. The molecule has 4 aromatic rings. The Bertz CT molecular complexity index is 2740. The standard InChI is InChI=1S/C47H53N3O11/c1-23-11-9-12-26(4)46(55)49-39-40(53)35-34(38-44(39)59-32-20-30(19-31(52)37(32)48-38)56-22-29-14-15-50(8)21-29)36-43-27(5)42(35)60-33(18-24(2)17-23)41(58-28(6)51)25(3)13-10-16-57-47(7,61-43)45(36)54/h9-12,16,19-20,23-25,29,33,41,54H,13-15,17-18,21-22H2,1-8H3,(H,49,55)/b11-9+,16-10+,26-12-/t23?,24-,25-,29?,33?,41?,47+/m1/s1. The molecule has 5 heterocycles. The van der Waals surface area contributed by atoms with Gasteiger partial charge in [0.25, 0.3) is 5.91 Å². The number of likely N-dealkylation sites (tertiary alicyclic amines) is 1. The molecule has 1 fully saturated rings. The summed E-state index contributed by atoms with van der Waals surface area (Å²) in [6.45, 7) is 14.6. The van der Waals surface area contributed by atoms with E-state index in [2.05, 4.69) is 31.1 Å². The predicted octanol–water partition coefficient (Wildman–Crippen LogP) is 6.74. The summed E-state index contributed by atoms with van der Waals surface area (Å²) < 4.78 is 38.4. The molecule has 0 radical (unpaired) electrons. The van der Waals surface area contributed by atoms with Crippen LogP contribution in [-0.4, -0.2) is 71.6 Å². The second-order valence-electron chi connectivity index (χ2n) is 17.6. The van der Waals surface area contributed by atoms with Crippen molar-refractivity contribution in [2.45, 2.75) is 92.1 Å². The largest absolute Gasteiger partial charge is 0.505 e. The van der Waals surface area contributed by atoms with Crippen molar-refractivity contribution in [2.75, 3.05) is 32.1 Å². The van der Waals surface area contributed by atoms with Gasteiger partial charge in [-0.2, -0.15) is 0 Å². The van der Waals surface area contributed by atoms with Gasteiger partial charge in [0.1, 0.15) is 40.7 Å². The zero-order valence-electron chi connectivity index (χ0n) is 35.9. The first-order valence-electron chi connectivity index (χ1n) is 21.0. The summed E-state index contributed by atoms with van der Waals surface area (Å²) in [5.74, 6) is -2.59. The van der Waals surface area contributed by atoms with Crippen LogP contribution in [-0.2, 0) is 19.1 Å². The van der Waals surface area contributed by atoms with E-state index in [-0.39, 0.29) is 90.6 Å². The van der Waals surface area contributed by atoms with Crippen molar-refractivity contribution in [3.8, 4) is 17.2 Å². The average Bonchev–Trinajstić information content (AvgIpc) is 3.74. The van der Waals surface area contributed by atoms with Crippen LogP contribution in [0.5, 0.6) is 17.2 Å². The quantitative estimate of drug-likeness (QED) is 0.126. The van der Waals surface area contributed by atoms with E-state index in [0.29, 0.717) is 30.6 Å². The zero-order chi connectivity index (χ0) is 43.5. The maximum absolute atomic E-state index is 15.4. The Morgan fingerprint density at radius 3 is 2.61 bits per heavy atom. The van der Waals surface area contributed by atoms with E-state index in [1.165, 1.54) is 19.3 Å². The van der Waals surface area contributed by atoms with Crippen molar-refractivity contribution in [1.29, 1.82) is 0 Å². The normalized spacial score (nSPS) is 29.0. The molecule has 2 N–H and O–H groups in total. The highest BCUT2D eigenvalue weighted by molar-refractivity contribution is 6.17. The predicted molar refractivity (Wildman–Crippen MR) is 231 cm³/mol. The minimum absolute atomic E-state index is 0.0217. The van der Waals surface area contributed by atoms with E-state index in [4.69, 9.17) is 33.1 Å². The van der Waals surface area contributed by atoms with Crippen molar-refractivity contribution >= 4 is 56.3 Å². The van der Waals surface area contributed by atoms with Crippen molar-refractivity contribution in [1.82, 2.24) is 9.88 Å². The number of benzene rings is 3. The van der Waals surface area contributed by atoms with Crippen molar-refractivity contribution < 1.29 is 42.8 Å². The van der Waals surface area contributed by atoms with Crippen LogP contribution < -0.4 is 35.6 Å². The number of nitrogens with zero attached hydrogens (tertiary/aromatic N) is 2. The monoisotopic (exact) mass is 835 g/mol. The summed E-state index contributed by atoms with van der Waals surface area (Å²) in [6.07, 6.45) is 9.67. The second-order valence-corrected chi connectivity index (χ2v) is 17.6. The lowest BCUT2D eigenvalue weighted by molar-refractivity contribution is -0.155. The van der Waals surface area contributed by atoms with Crippen LogP contribution in [0.25, 0.3) is 38.7 Å². The highest BCUT2D eigenvalue weighted by Gasteiger charge is 2.44. The molecule has 6 bridgehead atoms. The Balaban J connectivity index is 1.47. The molecule has 4 aliphatic rings. The van der Waals surface area contributed by atoms with Gasteiger partial charge in [0.05, 0.1) is 23.5 Å². The summed E-state index contributed by atoms with van der Waals surface area (Å²) in [6, 6.07) is 2.90. The van der Waals surface area contributed by atoms with Crippen molar-refractivity contribution in [3.05, 3.63) is 79.5 Å². The van der Waals surface area contributed by atoms with Gasteiger partial charge in [-0.05, 0) is 71.0 Å². The second kappa shape index (κ2) is 16.2. The number of ether oxygens (including phenoxy) is 5. The smallest absolute Gasteiger partial charge is 0.307 e. The van der Waals surface area contributed by atoms with Gasteiger partial charge in [0.15, 0.2) is 22.4 Å². The molecule has 0 aliphatic carbocycles. The van der Waals surface area contributed by atoms with Gasteiger partial charge in [0, 0.05) is 60.9 Å². The number of rotatable bonds is 4. The minimum Gasteiger partial charge on any atom is -0.505 e. The molecule has 0 spiro atoms. The number of anilines is 1. The van der Waals surface area contributed by atoms with Crippen LogP contribution in [0.2, 0.25) is 0 Å². The lowest BCUT2D eigenvalue weighted by Crippen LogP contribution is -2.41. The number of hydrogen-bond donors (Lipinski definition) is 2. The van der Waals surface area contributed by atoms with Crippen LogP contribution in [0.15, 0.2) is 62.3 Å². The Kier molecular flexibility index (Phi) is 11.1. The Hall–Kier alpha value is -5.89. The number of carbonyl (C=O) groups excluding carboxylic acids is 2. The molecule has 14 nitrogen and oxygen atoms in total. The van der Waals surface area contributed by atoms with Crippen LogP contribution >= 0.6 is 0 Å². The first-order valence-corrected chi connectivity index (χ1v) is 21.0. The molecule has 322 valence electrons. The third-order valence-corrected chi connectivity index (χ3v) is 12.3. The summed E-state index contributed by atoms with van der Waals surface area (Å²) >= 11 is 0. The molecule has 3 aromatic carbocycles. The van der Waals surface area contributed by atoms with Crippen LogP contribution in [0.3, 0.4) is 0 Å². The lowest BCUT2D eigenvalue weighted by atomic mass is 9.86. The van der Waals surface area contributed by atoms with Gasteiger partial charge in [0.2, 0.25) is 10.9 Å². The molecular weight excluding hydrogens is 783 g/mol. The van der Waals surface area contributed by atoms with Crippen LogP contribution in [0.4, 0.5) is 5.69 Å². The summed E-state index contributed by atoms with van der Waals surface area (Å²) in [5, 5.41) is 15.1. The number of aliphatic hydroxyl groups is 1. The number of aromatic nitrogens is 1. The van der Waals surface area contributed by atoms with E-state index in [0.717, 1.165) is 25.9 Å². The minimum atomic E-state index is -1.77. The Labute approximate surface area is 352 Å². The zero-order valence-corrected chi connectivity index (χ0v) is 35.9. The first kappa shape index (κ1) is 41.8. The fourth-order valence-corrected chi connectivity index (χ4v) is 9.16. The number of fused-ring (bicyclic) bond motifs is 8. The highest BCUT2D eigenvalue weighted by Crippen LogP contribution is 2.44. The maximum Gasteiger partial charge on any atom is 0.307 e. The Morgan fingerprint density at radius 2 is 1.87 bits per heavy atom. The van der Waals surface area contributed by atoms with E-state index in [1.807, 2.05) is 19.1 Å².